The number of anilines is 1. The van der Waals surface area contributed by atoms with Crippen molar-refractivity contribution in [3.63, 3.8) is 0 Å². The highest BCUT2D eigenvalue weighted by Gasteiger charge is 2.35. The SMILES string of the molecule is O=C(CN1c2ccc(Cl)cc2-c2ccccc2S1(=O)=O)NCCSC1CCCCC1. The molecule has 1 N–H and O–H groups in total. The van der Waals surface area contributed by atoms with Crippen molar-refractivity contribution in [3.05, 3.63) is 47.5 Å². The number of carbonyl (C=O) groups is 1. The molecule has 4 rings (SSSR count). The molecule has 160 valence electrons. The summed E-state index contributed by atoms with van der Waals surface area (Å²) in [5.74, 6) is 0.543. The average molecular weight is 465 g/mol. The highest BCUT2D eigenvalue weighted by molar-refractivity contribution is 7.99. The number of nitrogens with zero attached hydrogens (tertiary/aromatic N) is 1. The molecule has 0 atom stereocenters. The molecule has 2 aromatic rings. The fraction of sp³-hybridized carbons (Fsp3) is 0.409. The number of nitrogens with one attached hydrogen (secondary N) is 1. The van der Waals surface area contributed by atoms with Gasteiger partial charge in [0.2, 0.25) is 5.91 Å². The molecule has 8 heteroatoms. The number of sulfonamides is 1. The van der Waals surface area contributed by atoms with E-state index in [1.807, 2.05) is 11.8 Å². The highest BCUT2D eigenvalue weighted by Crippen LogP contribution is 2.43. The van der Waals surface area contributed by atoms with E-state index in [1.54, 1.807) is 42.5 Å². The lowest BCUT2D eigenvalue weighted by Gasteiger charge is -2.31. The van der Waals surface area contributed by atoms with Crippen LogP contribution in [0.15, 0.2) is 47.4 Å². The van der Waals surface area contributed by atoms with Crippen LogP contribution in [0.25, 0.3) is 11.1 Å². The van der Waals surface area contributed by atoms with Gasteiger partial charge in [-0.25, -0.2) is 8.42 Å². The fourth-order valence-corrected chi connectivity index (χ4v) is 7.15. The van der Waals surface area contributed by atoms with Crippen molar-refractivity contribution in [1.82, 2.24) is 5.32 Å². The Morgan fingerprint density at radius 1 is 1.10 bits per heavy atom. The first-order chi connectivity index (χ1) is 14.5. The van der Waals surface area contributed by atoms with Gasteiger partial charge < -0.3 is 5.32 Å². The number of hydrogen-bond donors (Lipinski definition) is 1. The molecular weight excluding hydrogens is 440 g/mol. The number of benzene rings is 2. The summed E-state index contributed by atoms with van der Waals surface area (Å²) in [6.45, 7) is 0.289. The number of halogens is 1. The minimum absolute atomic E-state index is 0.195. The third-order valence-corrected chi connectivity index (χ3v) is 9.03. The predicted molar refractivity (Wildman–Crippen MR) is 124 cm³/mol. The van der Waals surface area contributed by atoms with Gasteiger partial charge >= 0.3 is 0 Å². The maximum atomic E-state index is 13.2. The van der Waals surface area contributed by atoms with Gasteiger partial charge in [0.25, 0.3) is 10.0 Å². The van der Waals surface area contributed by atoms with Crippen molar-refractivity contribution in [1.29, 1.82) is 0 Å². The predicted octanol–water partition coefficient (Wildman–Crippen LogP) is 4.70. The van der Waals surface area contributed by atoms with Crippen LogP contribution in [0.1, 0.15) is 32.1 Å². The van der Waals surface area contributed by atoms with Gasteiger partial charge in [-0.2, -0.15) is 11.8 Å². The van der Waals surface area contributed by atoms with Gasteiger partial charge in [-0.05, 0) is 37.1 Å². The lowest BCUT2D eigenvalue weighted by atomic mass is 10.0. The molecule has 1 amide bonds. The van der Waals surface area contributed by atoms with Crippen molar-refractivity contribution >= 4 is 45.0 Å². The van der Waals surface area contributed by atoms with Crippen molar-refractivity contribution in [2.24, 2.45) is 0 Å². The van der Waals surface area contributed by atoms with E-state index in [-0.39, 0.29) is 17.3 Å². The molecule has 1 aliphatic heterocycles. The quantitative estimate of drug-likeness (QED) is 0.629. The van der Waals surface area contributed by atoms with Crippen LogP contribution in [0.5, 0.6) is 0 Å². The maximum absolute atomic E-state index is 13.2. The van der Waals surface area contributed by atoms with Crippen LogP contribution in [-0.2, 0) is 14.8 Å². The Morgan fingerprint density at radius 3 is 2.67 bits per heavy atom. The number of carbonyl (C=O) groups excluding carboxylic acids is 1. The van der Waals surface area contributed by atoms with Gasteiger partial charge in [0.1, 0.15) is 6.54 Å². The zero-order chi connectivity index (χ0) is 21.1. The van der Waals surface area contributed by atoms with Crippen LogP contribution in [0.2, 0.25) is 5.02 Å². The van der Waals surface area contributed by atoms with E-state index in [4.69, 9.17) is 11.6 Å². The molecule has 0 radical (unpaired) electrons. The number of thioether (sulfide) groups is 1. The summed E-state index contributed by atoms with van der Waals surface area (Å²) < 4.78 is 27.7. The van der Waals surface area contributed by atoms with Gasteiger partial charge in [-0.15, -0.1) is 0 Å². The summed E-state index contributed by atoms with van der Waals surface area (Å²) >= 11 is 8.07. The zero-order valence-corrected chi connectivity index (χ0v) is 19.0. The Hall–Kier alpha value is -1.70. The lowest BCUT2D eigenvalue weighted by Crippen LogP contribution is -2.43. The van der Waals surface area contributed by atoms with Crippen molar-refractivity contribution < 1.29 is 13.2 Å². The van der Waals surface area contributed by atoms with Gasteiger partial charge in [0, 0.05) is 33.7 Å². The third-order valence-electron chi connectivity index (χ3n) is 5.59. The summed E-state index contributed by atoms with van der Waals surface area (Å²) in [5, 5.41) is 4.09. The molecular formula is C22H25ClN2O3S2. The number of rotatable bonds is 6. The van der Waals surface area contributed by atoms with E-state index in [0.717, 1.165) is 5.75 Å². The molecule has 5 nitrogen and oxygen atoms in total. The smallest absolute Gasteiger partial charge is 0.265 e. The van der Waals surface area contributed by atoms with E-state index in [1.165, 1.54) is 36.4 Å². The van der Waals surface area contributed by atoms with Crippen LogP contribution in [0.4, 0.5) is 5.69 Å². The average Bonchev–Trinajstić information content (AvgIpc) is 2.75. The molecule has 1 heterocycles. The summed E-state index contributed by atoms with van der Waals surface area (Å²) in [7, 11) is -3.83. The zero-order valence-electron chi connectivity index (χ0n) is 16.6. The second-order valence-corrected chi connectivity index (χ2v) is 11.3. The Balaban J connectivity index is 1.46. The number of fused-ring (bicyclic) bond motifs is 3. The van der Waals surface area contributed by atoms with E-state index >= 15 is 0 Å². The van der Waals surface area contributed by atoms with Crippen LogP contribution < -0.4 is 9.62 Å². The molecule has 1 fully saturated rings. The molecule has 2 aliphatic rings. The Kier molecular flexibility index (Phi) is 6.60. The maximum Gasteiger partial charge on any atom is 0.265 e. The molecule has 0 bridgehead atoms. The van der Waals surface area contributed by atoms with Crippen molar-refractivity contribution in [3.8, 4) is 11.1 Å². The van der Waals surface area contributed by atoms with Crippen LogP contribution >= 0.6 is 23.4 Å². The third kappa shape index (κ3) is 4.48. The standard InChI is InChI=1S/C22H25ClN2O3S2/c23-16-10-11-20-19(14-16)18-8-4-5-9-21(18)30(27,28)25(20)15-22(26)24-12-13-29-17-6-2-1-3-7-17/h4-5,8-11,14,17H,1-3,6-7,12-13,15H2,(H,24,26). The topological polar surface area (TPSA) is 66.5 Å². The second kappa shape index (κ2) is 9.20. The molecule has 0 unspecified atom stereocenters. The second-order valence-electron chi connectivity index (χ2n) is 7.65. The fourth-order valence-electron chi connectivity index (χ4n) is 4.11. The normalized spacial score (nSPS) is 17.8. The monoisotopic (exact) mass is 464 g/mol. The van der Waals surface area contributed by atoms with Crippen LogP contribution in [0, 0.1) is 0 Å². The Bertz CT molecular complexity index is 1040. The number of amides is 1. The summed E-state index contributed by atoms with van der Waals surface area (Å²) in [5.41, 5.74) is 1.80. The minimum Gasteiger partial charge on any atom is -0.354 e. The first-order valence-electron chi connectivity index (χ1n) is 10.3. The van der Waals surface area contributed by atoms with Crippen molar-refractivity contribution in [2.75, 3.05) is 23.1 Å². The van der Waals surface area contributed by atoms with Crippen molar-refractivity contribution in [2.45, 2.75) is 42.2 Å². The van der Waals surface area contributed by atoms with E-state index in [2.05, 4.69) is 5.32 Å². The summed E-state index contributed by atoms with van der Waals surface area (Å²) in [6, 6.07) is 11.9. The molecule has 1 saturated carbocycles. The van der Waals surface area contributed by atoms with Gasteiger partial charge in [-0.3, -0.25) is 9.10 Å². The first-order valence-corrected chi connectivity index (χ1v) is 13.1. The molecule has 0 aromatic heterocycles. The Labute approximate surface area is 187 Å². The minimum atomic E-state index is -3.83. The number of hydrogen-bond acceptors (Lipinski definition) is 4. The molecule has 2 aromatic carbocycles. The van der Waals surface area contributed by atoms with E-state index in [9.17, 15) is 13.2 Å². The van der Waals surface area contributed by atoms with E-state index in [0.29, 0.717) is 33.6 Å². The lowest BCUT2D eigenvalue weighted by molar-refractivity contribution is -0.119. The first kappa shape index (κ1) is 21.5. The largest absolute Gasteiger partial charge is 0.354 e. The summed E-state index contributed by atoms with van der Waals surface area (Å²) in [6.07, 6.45) is 6.42. The molecule has 0 spiro atoms. The van der Waals surface area contributed by atoms with Gasteiger partial charge in [0.15, 0.2) is 0 Å². The van der Waals surface area contributed by atoms with Crippen LogP contribution in [0.3, 0.4) is 0 Å². The van der Waals surface area contributed by atoms with E-state index < -0.39 is 10.0 Å². The molecule has 0 saturated heterocycles. The van der Waals surface area contributed by atoms with Crippen LogP contribution in [-0.4, -0.2) is 38.4 Å². The molecule has 1 aliphatic carbocycles. The molecule has 30 heavy (non-hydrogen) atoms. The highest BCUT2D eigenvalue weighted by atomic mass is 35.5. The van der Waals surface area contributed by atoms with Gasteiger partial charge in [0.05, 0.1) is 10.6 Å². The summed E-state index contributed by atoms with van der Waals surface area (Å²) in [4.78, 5) is 12.8. The van der Waals surface area contributed by atoms with Gasteiger partial charge in [-0.1, -0.05) is 49.1 Å². The Morgan fingerprint density at radius 2 is 1.87 bits per heavy atom.